The van der Waals surface area contributed by atoms with Gasteiger partial charge in [-0.3, -0.25) is 0 Å². The molecular weight excluding hydrogens is 280 g/mol. The Kier molecular flexibility index (Phi) is 5.18. The standard InChI is InChI=1S/C19H16.Cr/c1-4-10-16(11-5-1)19(17-12-6-2-7-13-17)18-14-8-3-9-15-18;/h1-15,19H;. The van der Waals surface area contributed by atoms with Gasteiger partial charge in [0.05, 0.1) is 0 Å². The first-order chi connectivity index (χ1) is 9.45. The molecule has 3 rings (SSSR count). The fraction of sp³-hybridized carbons (Fsp3) is 0.0526. The Hall–Kier alpha value is -1.81. The first-order valence-electron chi connectivity index (χ1n) is 6.60. The molecule has 0 atom stereocenters. The zero-order chi connectivity index (χ0) is 12.9. The van der Waals surface area contributed by atoms with Gasteiger partial charge >= 0.3 is 0 Å². The van der Waals surface area contributed by atoms with Crippen LogP contribution in [0.15, 0.2) is 91.0 Å². The maximum Gasteiger partial charge on any atom is 0.0339 e. The van der Waals surface area contributed by atoms with Crippen molar-refractivity contribution in [2.24, 2.45) is 0 Å². The molecule has 3 aromatic rings. The van der Waals surface area contributed by atoms with E-state index in [0.717, 1.165) is 0 Å². The van der Waals surface area contributed by atoms with Crippen molar-refractivity contribution in [1.82, 2.24) is 0 Å². The average Bonchev–Trinajstić information content (AvgIpc) is 2.51. The maximum atomic E-state index is 2.20. The predicted molar refractivity (Wildman–Crippen MR) is 80.3 cm³/mol. The van der Waals surface area contributed by atoms with Gasteiger partial charge in [0.25, 0.3) is 0 Å². The van der Waals surface area contributed by atoms with E-state index in [9.17, 15) is 0 Å². The van der Waals surface area contributed by atoms with Crippen LogP contribution in [0.4, 0.5) is 0 Å². The summed E-state index contributed by atoms with van der Waals surface area (Å²) in [6, 6.07) is 32.0. The van der Waals surface area contributed by atoms with E-state index in [4.69, 9.17) is 0 Å². The molecule has 0 aliphatic heterocycles. The molecule has 0 saturated carbocycles. The number of hydrogen-bond donors (Lipinski definition) is 0. The summed E-state index contributed by atoms with van der Waals surface area (Å²) in [4.78, 5) is 0. The minimum absolute atomic E-state index is 0. The molecule has 0 bridgehead atoms. The van der Waals surface area contributed by atoms with E-state index in [2.05, 4.69) is 91.0 Å². The van der Waals surface area contributed by atoms with Gasteiger partial charge < -0.3 is 0 Å². The molecule has 20 heavy (non-hydrogen) atoms. The van der Waals surface area contributed by atoms with Gasteiger partial charge in [-0.1, -0.05) is 91.0 Å². The first kappa shape index (κ1) is 14.6. The minimum Gasteiger partial charge on any atom is -0.0622 e. The average molecular weight is 296 g/mol. The summed E-state index contributed by atoms with van der Waals surface area (Å²) in [6.07, 6.45) is 0. The summed E-state index contributed by atoms with van der Waals surface area (Å²) in [7, 11) is 0. The number of rotatable bonds is 3. The Morgan fingerprint density at radius 3 is 0.900 bits per heavy atom. The van der Waals surface area contributed by atoms with Crippen LogP contribution in [0.2, 0.25) is 0 Å². The van der Waals surface area contributed by atoms with Gasteiger partial charge in [-0.2, -0.15) is 0 Å². The van der Waals surface area contributed by atoms with Gasteiger partial charge in [-0.15, -0.1) is 0 Å². The molecule has 0 aromatic heterocycles. The van der Waals surface area contributed by atoms with Crippen LogP contribution in [0, 0.1) is 0 Å². The van der Waals surface area contributed by atoms with Gasteiger partial charge in [0.1, 0.15) is 0 Å². The van der Waals surface area contributed by atoms with Crippen molar-refractivity contribution in [3.8, 4) is 0 Å². The molecule has 0 amide bonds. The van der Waals surface area contributed by atoms with Crippen molar-refractivity contribution < 1.29 is 17.4 Å². The van der Waals surface area contributed by atoms with Crippen molar-refractivity contribution in [3.63, 3.8) is 0 Å². The van der Waals surface area contributed by atoms with E-state index in [1.54, 1.807) is 0 Å². The molecule has 0 N–H and O–H groups in total. The molecule has 0 spiro atoms. The van der Waals surface area contributed by atoms with Crippen LogP contribution in [-0.2, 0) is 17.4 Å². The monoisotopic (exact) mass is 296 g/mol. The third-order valence-corrected chi connectivity index (χ3v) is 3.40. The molecule has 0 aliphatic rings. The van der Waals surface area contributed by atoms with E-state index in [0.29, 0.717) is 5.92 Å². The summed E-state index contributed by atoms with van der Waals surface area (Å²) >= 11 is 0. The Balaban J connectivity index is 0.00000147. The second kappa shape index (κ2) is 7.10. The quantitative estimate of drug-likeness (QED) is 0.605. The van der Waals surface area contributed by atoms with E-state index >= 15 is 0 Å². The minimum atomic E-state index is 0. The Morgan fingerprint density at radius 1 is 0.400 bits per heavy atom. The zero-order valence-corrected chi connectivity index (χ0v) is 12.4. The van der Waals surface area contributed by atoms with Crippen LogP contribution >= 0.6 is 0 Å². The van der Waals surface area contributed by atoms with Crippen molar-refractivity contribution >= 4 is 0 Å². The molecule has 0 radical (unpaired) electrons. The smallest absolute Gasteiger partial charge is 0.0339 e. The van der Waals surface area contributed by atoms with Crippen LogP contribution in [-0.4, -0.2) is 0 Å². The van der Waals surface area contributed by atoms with Crippen LogP contribution in [0.5, 0.6) is 0 Å². The van der Waals surface area contributed by atoms with Crippen molar-refractivity contribution in [3.05, 3.63) is 108 Å². The topological polar surface area (TPSA) is 0 Å². The molecule has 0 aliphatic carbocycles. The van der Waals surface area contributed by atoms with Crippen LogP contribution in [0.3, 0.4) is 0 Å². The first-order valence-corrected chi connectivity index (χ1v) is 6.60. The third-order valence-electron chi connectivity index (χ3n) is 3.40. The zero-order valence-electron chi connectivity index (χ0n) is 11.1. The molecule has 0 heterocycles. The summed E-state index contributed by atoms with van der Waals surface area (Å²) in [5.41, 5.74) is 4.00. The van der Waals surface area contributed by atoms with E-state index < -0.39 is 0 Å². The predicted octanol–water partition coefficient (Wildman–Crippen LogP) is 4.86. The molecule has 0 nitrogen and oxygen atoms in total. The summed E-state index contributed by atoms with van der Waals surface area (Å²) in [5.74, 6) is 0.309. The van der Waals surface area contributed by atoms with E-state index in [1.165, 1.54) is 16.7 Å². The number of hydrogen-bond acceptors (Lipinski definition) is 0. The van der Waals surface area contributed by atoms with Crippen LogP contribution < -0.4 is 0 Å². The molecule has 3 aromatic carbocycles. The third kappa shape index (κ3) is 3.20. The Labute approximate surface area is 131 Å². The normalized spacial score (nSPS) is 10.1. The largest absolute Gasteiger partial charge is 0.0622 e. The molecule has 1 heteroatoms. The van der Waals surface area contributed by atoms with E-state index in [-0.39, 0.29) is 17.4 Å². The second-order valence-corrected chi connectivity index (χ2v) is 4.67. The van der Waals surface area contributed by atoms with Crippen LogP contribution in [0.1, 0.15) is 22.6 Å². The van der Waals surface area contributed by atoms with Gasteiger partial charge in [0.15, 0.2) is 0 Å². The van der Waals surface area contributed by atoms with Crippen molar-refractivity contribution in [2.45, 2.75) is 5.92 Å². The summed E-state index contributed by atoms with van der Waals surface area (Å²) < 4.78 is 0. The van der Waals surface area contributed by atoms with Gasteiger partial charge in [-0.25, -0.2) is 0 Å². The van der Waals surface area contributed by atoms with Gasteiger partial charge in [0, 0.05) is 23.3 Å². The maximum absolute atomic E-state index is 2.20. The van der Waals surface area contributed by atoms with Gasteiger partial charge in [0.2, 0.25) is 0 Å². The molecule has 0 fully saturated rings. The molecular formula is C19H16Cr. The van der Waals surface area contributed by atoms with Crippen LogP contribution in [0.25, 0.3) is 0 Å². The van der Waals surface area contributed by atoms with Crippen molar-refractivity contribution in [1.29, 1.82) is 0 Å². The summed E-state index contributed by atoms with van der Waals surface area (Å²) in [5, 5.41) is 0. The van der Waals surface area contributed by atoms with Crippen molar-refractivity contribution in [2.75, 3.05) is 0 Å². The Morgan fingerprint density at radius 2 is 0.650 bits per heavy atom. The molecule has 0 unspecified atom stereocenters. The van der Waals surface area contributed by atoms with Gasteiger partial charge in [-0.05, 0) is 16.7 Å². The fourth-order valence-electron chi connectivity index (χ4n) is 2.51. The SMILES string of the molecule is [Cr].c1ccc(C(c2ccccc2)c2ccccc2)cc1. The molecule has 0 saturated heterocycles. The van der Waals surface area contributed by atoms with E-state index in [1.807, 2.05) is 0 Å². The second-order valence-electron chi connectivity index (χ2n) is 4.67. The molecule has 98 valence electrons. The fourth-order valence-corrected chi connectivity index (χ4v) is 2.51. The number of benzene rings is 3. The summed E-state index contributed by atoms with van der Waals surface area (Å²) in [6.45, 7) is 0. The Bertz CT molecular complexity index is 524.